The molecule has 3 N–H and O–H groups in total. The Bertz CT molecular complexity index is 455. The molecule has 0 aliphatic carbocycles. The van der Waals surface area contributed by atoms with Crippen LogP contribution in [0.2, 0.25) is 0 Å². The van der Waals surface area contributed by atoms with Crippen LogP contribution >= 0.6 is 12.2 Å². The fourth-order valence-corrected chi connectivity index (χ4v) is 1.53. The topological polar surface area (TPSA) is 61.4 Å². The highest BCUT2D eigenvalue weighted by molar-refractivity contribution is 7.80. The van der Waals surface area contributed by atoms with Crippen LogP contribution in [0.4, 0.5) is 0 Å². The second-order valence-corrected chi connectivity index (χ2v) is 4.47. The molecule has 0 spiro atoms. The van der Waals surface area contributed by atoms with Gasteiger partial charge in [0.25, 0.3) is 0 Å². The maximum absolute atomic E-state index is 11.6. The van der Waals surface area contributed by atoms with Gasteiger partial charge in [0.2, 0.25) is 5.91 Å². The Balaban J connectivity index is 2.38. The number of benzene rings is 1. The first-order valence-corrected chi connectivity index (χ1v) is 6.47. The summed E-state index contributed by atoms with van der Waals surface area (Å²) >= 11 is 4.93. The number of amides is 1. The molecule has 0 saturated carbocycles. The largest absolute Gasteiger partial charge is 0.396 e. The van der Waals surface area contributed by atoms with Crippen LogP contribution in [0.5, 0.6) is 0 Å². The van der Waals surface area contributed by atoms with Gasteiger partial charge in [-0.25, -0.2) is 0 Å². The van der Waals surface area contributed by atoms with Crippen molar-refractivity contribution in [2.75, 3.05) is 13.2 Å². The Morgan fingerprint density at radius 3 is 2.68 bits per heavy atom. The van der Waals surface area contributed by atoms with E-state index in [-0.39, 0.29) is 17.6 Å². The van der Waals surface area contributed by atoms with Crippen LogP contribution in [0.1, 0.15) is 17.5 Å². The van der Waals surface area contributed by atoms with E-state index in [4.69, 9.17) is 17.3 Å². The highest BCUT2D eigenvalue weighted by atomic mass is 32.1. The molecule has 0 fully saturated rings. The predicted octanol–water partition coefficient (Wildman–Crippen LogP) is 1.38. The van der Waals surface area contributed by atoms with Gasteiger partial charge in [0.1, 0.15) is 0 Å². The summed E-state index contributed by atoms with van der Waals surface area (Å²) in [6, 6.07) is 7.85. The maximum Gasteiger partial charge on any atom is 0.250 e. The molecule has 1 aromatic rings. The molecule has 0 saturated heterocycles. The van der Waals surface area contributed by atoms with Gasteiger partial charge in [0.15, 0.2) is 5.11 Å². The number of hydrogen-bond acceptors (Lipinski definition) is 3. The van der Waals surface area contributed by atoms with Gasteiger partial charge in [-0.1, -0.05) is 29.8 Å². The van der Waals surface area contributed by atoms with Gasteiger partial charge in [-0.2, -0.15) is 0 Å². The Morgan fingerprint density at radius 2 is 2.05 bits per heavy atom. The highest BCUT2D eigenvalue weighted by Gasteiger charge is 1.99. The van der Waals surface area contributed by atoms with Crippen LogP contribution in [-0.4, -0.2) is 29.3 Å². The van der Waals surface area contributed by atoms with Crippen molar-refractivity contribution in [3.63, 3.8) is 0 Å². The normalized spacial score (nSPS) is 10.4. The summed E-state index contributed by atoms with van der Waals surface area (Å²) < 4.78 is 0. The average molecular weight is 278 g/mol. The van der Waals surface area contributed by atoms with E-state index in [9.17, 15) is 4.79 Å². The first-order chi connectivity index (χ1) is 9.11. The summed E-state index contributed by atoms with van der Waals surface area (Å²) in [7, 11) is 0. The molecule has 1 rings (SSSR count). The SMILES string of the molecule is Cc1ccc(/C=C/C(=O)NC(=S)NCCCO)cc1. The third kappa shape index (κ3) is 6.69. The smallest absolute Gasteiger partial charge is 0.250 e. The van der Waals surface area contributed by atoms with Crippen molar-refractivity contribution in [3.05, 3.63) is 41.5 Å². The lowest BCUT2D eigenvalue weighted by Gasteiger charge is -2.06. The molecule has 0 bridgehead atoms. The van der Waals surface area contributed by atoms with Gasteiger partial charge in [-0.05, 0) is 37.2 Å². The zero-order chi connectivity index (χ0) is 14.1. The van der Waals surface area contributed by atoms with E-state index in [1.807, 2.05) is 31.2 Å². The van der Waals surface area contributed by atoms with Gasteiger partial charge < -0.3 is 10.4 Å². The average Bonchev–Trinajstić information content (AvgIpc) is 2.38. The van der Waals surface area contributed by atoms with Crippen molar-refractivity contribution in [1.29, 1.82) is 0 Å². The van der Waals surface area contributed by atoms with Crippen molar-refractivity contribution < 1.29 is 9.90 Å². The lowest BCUT2D eigenvalue weighted by molar-refractivity contribution is -0.115. The van der Waals surface area contributed by atoms with E-state index in [0.29, 0.717) is 13.0 Å². The van der Waals surface area contributed by atoms with Gasteiger partial charge in [0, 0.05) is 19.2 Å². The Kier molecular flexibility index (Phi) is 6.78. The lowest BCUT2D eigenvalue weighted by atomic mass is 10.1. The van der Waals surface area contributed by atoms with Crippen LogP contribution in [0.3, 0.4) is 0 Å². The standard InChI is InChI=1S/C14H18N2O2S/c1-11-3-5-12(6-4-11)7-8-13(18)16-14(19)15-9-2-10-17/h3-8,17H,2,9-10H2,1H3,(H2,15,16,18,19)/b8-7+. The minimum atomic E-state index is -0.276. The number of aryl methyl sites for hydroxylation is 1. The summed E-state index contributed by atoms with van der Waals surface area (Å²) in [5.41, 5.74) is 2.13. The molecule has 19 heavy (non-hydrogen) atoms. The van der Waals surface area contributed by atoms with Gasteiger partial charge in [0.05, 0.1) is 0 Å². The number of carbonyl (C=O) groups excluding carboxylic acids is 1. The van der Waals surface area contributed by atoms with Gasteiger partial charge in [-0.15, -0.1) is 0 Å². The minimum Gasteiger partial charge on any atom is -0.396 e. The van der Waals surface area contributed by atoms with E-state index in [2.05, 4.69) is 10.6 Å². The van der Waals surface area contributed by atoms with Gasteiger partial charge in [-0.3, -0.25) is 10.1 Å². The number of aliphatic hydroxyl groups is 1. The van der Waals surface area contributed by atoms with Crippen LogP contribution in [-0.2, 0) is 4.79 Å². The van der Waals surface area contributed by atoms with Crippen LogP contribution in [0, 0.1) is 6.92 Å². The molecule has 4 nitrogen and oxygen atoms in total. The number of rotatable bonds is 5. The molecule has 0 atom stereocenters. The summed E-state index contributed by atoms with van der Waals surface area (Å²) in [6.07, 6.45) is 3.75. The van der Waals surface area contributed by atoms with Crippen molar-refractivity contribution in [3.8, 4) is 0 Å². The third-order valence-corrected chi connectivity index (χ3v) is 2.61. The molecule has 0 unspecified atom stereocenters. The fraction of sp³-hybridized carbons (Fsp3) is 0.286. The van der Waals surface area contributed by atoms with Crippen molar-refractivity contribution in [1.82, 2.24) is 10.6 Å². The number of nitrogens with one attached hydrogen (secondary N) is 2. The first-order valence-electron chi connectivity index (χ1n) is 6.06. The van der Waals surface area contributed by atoms with Crippen LogP contribution in [0.25, 0.3) is 6.08 Å². The van der Waals surface area contributed by atoms with E-state index in [1.54, 1.807) is 6.08 Å². The molecular weight excluding hydrogens is 260 g/mol. The Labute approximate surface area is 118 Å². The summed E-state index contributed by atoms with van der Waals surface area (Å²) in [6.45, 7) is 2.64. The minimum absolute atomic E-state index is 0.0941. The van der Waals surface area contributed by atoms with Crippen molar-refractivity contribution >= 4 is 29.3 Å². The van der Waals surface area contributed by atoms with E-state index in [0.717, 1.165) is 5.56 Å². The van der Waals surface area contributed by atoms with Gasteiger partial charge >= 0.3 is 0 Å². The highest BCUT2D eigenvalue weighted by Crippen LogP contribution is 2.04. The van der Waals surface area contributed by atoms with E-state index < -0.39 is 0 Å². The molecule has 102 valence electrons. The Morgan fingerprint density at radius 1 is 1.37 bits per heavy atom. The zero-order valence-corrected chi connectivity index (χ0v) is 11.7. The zero-order valence-electron chi connectivity index (χ0n) is 10.8. The number of carbonyl (C=O) groups is 1. The molecule has 0 heterocycles. The molecule has 1 aromatic carbocycles. The summed E-state index contributed by atoms with van der Waals surface area (Å²) in [5.74, 6) is -0.276. The number of thiocarbonyl (C=S) groups is 1. The van der Waals surface area contributed by atoms with Crippen molar-refractivity contribution in [2.45, 2.75) is 13.3 Å². The maximum atomic E-state index is 11.6. The molecule has 0 aliphatic rings. The number of aliphatic hydroxyl groups excluding tert-OH is 1. The molecule has 5 heteroatoms. The molecule has 1 amide bonds. The van der Waals surface area contributed by atoms with E-state index in [1.165, 1.54) is 11.6 Å². The monoisotopic (exact) mass is 278 g/mol. The molecular formula is C14H18N2O2S. The van der Waals surface area contributed by atoms with Crippen molar-refractivity contribution in [2.24, 2.45) is 0 Å². The summed E-state index contributed by atoms with van der Waals surface area (Å²) in [5, 5.41) is 14.2. The molecule has 0 radical (unpaired) electrons. The fourth-order valence-electron chi connectivity index (χ4n) is 1.33. The molecule has 0 aromatic heterocycles. The Hall–Kier alpha value is -1.72. The van der Waals surface area contributed by atoms with Crippen LogP contribution < -0.4 is 10.6 Å². The predicted molar refractivity (Wildman–Crippen MR) is 80.7 cm³/mol. The van der Waals surface area contributed by atoms with Crippen LogP contribution in [0.15, 0.2) is 30.3 Å². The second kappa shape index (κ2) is 8.39. The third-order valence-electron chi connectivity index (χ3n) is 2.36. The summed E-state index contributed by atoms with van der Waals surface area (Å²) in [4.78, 5) is 11.6. The first kappa shape index (κ1) is 15.3. The second-order valence-electron chi connectivity index (χ2n) is 4.07. The van der Waals surface area contributed by atoms with E-state index >= 15 is 0 Å². The number of hydrogen-bond donors (Lipinski definition) is 3. The molecule has 0 aliphatic heterocycles. The quantitative estimate of drug-likeness (QED) is 0.433. The lowest BCUT2D eigenvalue weighted by Crippen LogP contribution is -2.38.